The number of carbonyl (C=O) groups is 2. The first-order valence-corrected chi connectivity index (χ1v) is 7.50. The highest BCUT2D eigenvalue weighted by Crippen LogP contribution is 2.24. The van der Waals surface area contributed by atoms with Crippen molar-refractivity contribution in [3.05, 3.63) is 29.8 Å². The smallest absolute Gasteiger partial charge is 0.223 e. The molecule has 0 saturated carbocycles. The third kappa shape index (κ3) is 4.09. The standard InChI is InChI=1S/C16H21NO7/c1-8(19)10-3-5-11(6-4-10)23-16-13(17-9(2)20)15(22)14(21)12(7-18)24-16/h3-6,12-16,18,21-22H,7H2,1-2H3,(H,17,20)/t12-,13-,14-,15-,16-/m1/s1. The molecule has 8 nitrogen and oxygen atoms in total. The normalized spacial score (nSPS) is 29.8. The van der Waals surface area contributed by atoms with Gasteiger partial charge in [0.15, 0.2) is 5.78 Å². The van der Waals surface area contributed by atoms with Crippen LogP contribution in [0.2, 0.25) is 0 Å². The van der Waals surface area contributed by atoms with Crippen molar-refractivity contribution in [2.24, 2.45) is 0 Å². The molecule has 0 unspecified atom stereocenters. The molecule has 0 aromatic heterocycles. The van der Waals surface area contributed by atoms with E-state index in [0.29, 0.717) is 11.3 Å². The van der Waals surface area contributed by atoms with Crippen LogP contribution in [0.4, 0.5) is 0 Å². The fraction of sp³-hybridized carbons (Fsp3) is 0.500. The number of hydrogen-bond donors (Lipinski definition) is 4. The van der Waals surface area contributed by atoms with Crippen molar-refractivity contribution in [3.8, 4) is 5.75 Å². The maximum Gasteiger partial charge on any atom is 0.223 e. The lowest BCUT2D eigenvalue weighted by atomic mass is 9.97. The molecule has 0 bridgehead atoms. The van der Waals surface area contributed by atoms with Gasteiger partial charge in [0.2, 0.25) is 12.2 Å². The number of ketones is 1. The van der Waals surface area contributed by atoms with Gasteiger partial charge in [0.25, 0.3) is 0 Å². The van der Waals surface area contributed by atoms with Crippen molar-refractivity contribution in [3.63, 3.8) is 0 Å². The van der Waals surface area contributed by atoms with E-state index in [1.54, 1.807) is 24.3 Å². The SMILES string of the molecule is CC(=O)N[C@H]1[C@H](Oc2ccc(C(C)=O)cc2)O[C@H](CO)[C@@H](O)[C@@H]1O. The molecule has 1 aliphatic heterocycles. The minimum absolute atomic E-state index is 0.0921. The summed E-state index contributed by atoms with van der Waals surface area (Å²) in [4.78, 5) is 22.6. The van der Waals surface area contributed by atoms with E-state index in [1.165, 1.54) is 13.8 Å². The van der Waals surface area contributed by atoms with Gasteiger partial charge in [-0.15, -0.1) is 0 Å². The van der Waals surface area contributed by atoms with Crippen LogP contribution in [0.1, 0.15) is 24.2 Å². The van der Waals surface area contributed by atoms with E-state index in [1.807, 2.05) is 0 Å². The van der Waals surface area contributed by atoms with Gasteiger partial charge in [0, 0.05) is 12.5 Å². The van der Waals surface area contributed by atoms with E-state index < -0.39 is 43.2 Å². The van der Waals surface area contributed by atoms with Crippen LogP contribution < -0.4 is 10.1 Å². The second kappa shape index (κ2) is 7.71. The number of ether oxygens (including phenoxy) is 2. The van der Waals surface area contributed by atoms with Crippen LogP contribution in [0.5, 0.6) is 5.75 Å². The average Bonchev–Trinajstić information content (AvgIpc) is 2.54. The molecular formula is C16H21NO7. The third-order valence-corrected chi connectivity index (χ3v) is 3.76. The summed E-state index contributed by atoms with van der Waals surface area (Å²) in [6, 6.07) is 5.23. The zero-order valence-corrected chi connectivity index (χ0v) is 13.4. The van der Waals surface area contributed by atoms with Crippen LogP contribution in [-0.4, -0.2) is 64.3 Å². The summed E-state index contributed by atoms with van der Waals surface area (Å²) in [6.45, 7) is 2.18. The first-order valence-electron chi connectivity index (χ1n) is 7.50. The van der Waals surface area contributed by atoms with E-state index >= 15 is 0 Å². The van der Waals surface area contributed by atoms with Gasteiger partial charge in [-0.05, 0) is 31.2 Å². The summed E-state index contributed by atoms with van der Waals surface area (Å²) in [5.41, 5.74) is 0.508. The van der Waals surface area contributed by atoms with Gasteiger partial charge < -0.3 is 30.1 Å². The number of hydrogen-bond acceptors (Lipinski definition) is 7. The van der Waals surface area contributed by atoms with Crippen molar-refractivity contribution in [1.82, 2.24) is 5.32 Å². The minimum Gasteiger partial charge on any atom is -0.463 e. The van der Waals surface area contributed by atoms with Crippen molar-refractivity contribution >= 4 is 11.7 Å². The first kappa shape index (κ1) is 18.3. The Bertz CT molecular complexity index is 589. The highest BCUT2D eigenvalue weighted by Gasteiger charge is 2.46. The largest absolute Gasteiger partial charge is 0.463 e. The van der Waals surface area contributed by atoms with Gasteiger partial charge >= 0.3 is 0 Å². The topological polar surface area (TPSA) is 125 Å². The molecule has 1 heterocycles. The van der Waals surface area contributed by atoms with Gasteiger partial charge in [-0.25, -0.2) is 0 Å². The van der Waals surface area contributed by atoms with Gasteiger partial charge in [0.1, 0.15) is 30.1 Å². The monoisotopic (exact) mass is 339 g/mol. The molecule has 0 spiro atoms. The Morgan fingerprint density at radius 3 is 2.29 bits per heavy atom. The zero-order chi connectivity index (χ0) is 17.9. The second-order valence-corrected chi connectivity index (χ2v) is 5.63. The van der Waals surface area contributed by atoms with E-state index in [-0.39, 0.29) is 5.78 Å². The summed E-state index contributed by atoms with van der Waals surface area (Å²) < 4.78 is 11.1. The highest BCUT2D eigenvalue weighted by molar-refractivity contribution is 5.94. The Balaban J connectivity index is 2.19. The molecule has 132 valence electrons. The molecule has 2 rings (SSSR count). The van der Waals surface area contributed by atoms with Gasteiger partial charge in [-0.1, -0.05) is 0 Å². The Hall–Kier alpha value is -2.00. The van der Waals surface area contributed by atoms with E-state index in [2.05, 4.69) is 5.32 Å². The number of rotatable bonds is 5. The molecule has 1 saturated heterocycles. The zero-order valence-electron chi connectivity index (χ0n) is 13.4. The number of Topliss-reactive ketones (excluding diaryl/α,β-unsaturated/α-hetero) is 1. The molecule has 5 atom stereocenters. The fourth-order valence-electron chi connectivity index (χ4n) is 2.47. The summed E-state index contributed by atoms with van der Waals surface area (Å²) in [7, 11) is 0. The van der Waals surface area contributed by atoms with Crippen LogP contribution in [0.3, 0.4) is 0 Å². The van der Waals surface area contributed by atoms with Crippen LogP contribution >= 0.6 is 0 Å². The Morgan fingerprint density at radius 1 is 1.17 bits per heavy atom. The maximum absolute atomic E-state index is 11.3. The predicted octanol–water partition coefficient (Wildman–Crippen LogP) is -0.788. The molecule has 1 aromatic carbocycles. The van der Waals surface area contributed by atoms with Crippen LogP contribution in [0.25, 0.3) is 0 Å². The highest BCUT2D eigenvalue weighted by atomic mass is 16.7. The first-order chi connectivity index (χ1) is 11.3. The molecule has 8 heteroatoms. The average molecular weight is 339 g/mol. The molecule has 4 N–H and O–H groups in total. The summed E-state index contributed by atoms with van der Waals surface area (Å²) in [5, 5.41) is 31.8. The molecule has 24 heavy (non-hydrogen) atoms. The number of nitrogens with one attached hydrogen (secondary N) is 1. The van der Waals surface area contributed by atoms with Crippen LogP contribution in [0, 0.1) is 0 Å². The number of carbonyl (C=O) groups excluding carboxylic acids is 2. The quantitative estimate of drug-likeness (QED) is 0.518. The number of aliphatic hydroxyl groups excluding tert-OH is 3. The molecule has 1 aliphatic rings. The molecular weight excluding hydrogens is 318 g/mol. The van der Waals surface area contributed by atoms with Gasteiger partial charge in [0.05, 0.1) is 6.61 Å². The Labute approximate surface area is 139 Å². The second-order valence-electron chi connectivity index (χ2n) is 5.63. The number of aliphatic hydroxyl groups is 3. The van der Waals surface area contributed by atoms with Crippen molar-refractivity contribution in [2.75, 3.05) is 6.61 Å². The lowest BCUT2D eigenvalue weighted by Gasteiger charge is -2.42. The van der Waals surface area contributed by atoms with Gasteiger partial charge in [-0.2, -0.15) is 0 Å². The summed E-state index contributed by atoms with van der Waals surface area (Å²) in [5.74, 6) is -0.177. The molecule has 1 fully saturated rings. The maximum atomic E-state index is 11.3. The van der Waals surface area contributed by atoms with Crippen molar-refractivity contribution in [2.45, 2.75) is 44.5 Å². The van der Waals surface area contributed by atoms with Crippen molar-refractivity contribution in [1.29, 1.82) is 0 Å². The predicted molar refractivity (Wildman–Crippen MR) is 82.4 cm³/mol. The summed E-state index contributed by atoms with van der Waals surface area (Å²) in [6.07, 6.45) is -4.91. The molecule has 0 aliphatic carbocycles. The molecule has 0 radical (unpaired) electrons. The lowest BCUT2D eigenvalue weighted by molar-refractivity contribution is -0.244. The van der Waals surface area contributed by atoms with E-state index in [9.17, 15) is 24.9 Å². The minimum atomic E-state index is -1.37. The number of benzene rings is 1. The summed E-state index contributed by atoms with van der Waals surface area (Å²) >= 11 is 0. The molecule has 1 amide bonds. The number of amides is 1. The van der Waals surface area contributed by atoms with Crippen molar-refractivity contribution < 1.29 is 34.4 Å². The fourth-order valence-corrected chi connectivity index (χ4v) is 2.47. The Morgan fingerprint density at radius 2 is 1.79 bits per heavy atom. The van der Waals surface area contributed by atoms with Crippen LogP contribution in [-0.2, 0) is 9.53 Å². The Kier molecular flexibility index (Phi) is 5.89. The third-order valence-electron chi connectivity index (χ3n) is 3.76. The lowest BCUT2D eigenvalue weighted by Crippen LogP contribution is -2.65. The van der Waals surface area contributed by atoms with Crippen LogP contribution in [0.15, 0.2) is 24.3 Å². The van der Waals surface area contributed by atoms with E-state index in [4.69, 9.17) is 9.47 Å². The molecule has 1 aromatic rings. The van der Waals surface area contributed by atoms with Gasteiger partial charge in [-0.3, -0.25) is 9.59 Å². The van der Waals surface area contributed by atoms with E-state index in [0.717, 1.165) is 0 Å².